The van der Waals surface area contributed by atoms with Crippen LogP contribution in [0.1, 0.15) is 37.5 Å². The maximum absolute atomic E-state index is 14.2. The molecule has 0 saturated carbocycles. The normalized spacial score (nSPS) is 11.8. The van der Waals surface area contributed by atoms with E-state index in [2.05, 4.69) is 5.32 Å². The zero-order valence-electron chi connectivity index (χ0n) is 18.4. The molecular weight excluding hydrogens is 383 g/mol. The SMILES string of the molecule is Cc1ccc(OCC(=O)N(Cc2ccccc2F)C(C)C(=O)NCC(C)C)cc1C. The highest BCUT2D eigenvalue weighted by Gasteiger charge is 2.27. The number of nitrogens with zero attached hydrogens (tertiary/aromatic N) is 1. The van der Waals surface area contributed by atoms with Gasteiger partial charge in [0.25, 0.3) is 5.91 Å². The summed E-state index contributed by atoms with van der Waals surface area (Å²) in [5, 5.41) is 2.84. The number of aryl methyl sites for hydroxylation is 2. The number of amides is 2. The minimum atomic E-state index is -0.765. The van der Waals surface area contributed by atoms with Crippen LogP contribution in [0.4, 0.5) is 4.39 Å². The topological polar surface area (TPSA) is 58.6 Å². The highest BCUT2D eigenvalue weighted by molar-refractivity contribution is 5.88. The molecule has 0 heterocycles. The first-order valence-electron chi connectivity index (χ1n) is 10.2. The molecule has 2 aromatic carbocycles. The second-order valence-electron chi connectivity index (χ2n) is 7.96. The van der Waals surface area contributed by atoms with Crippen molar-refractivity contribution in [2.45, 2.75) is 47.2 Å². The number of benzene rings is 2. The van der Waals surface area contributed by atoms with Crippen LogP contribution in [0.15, 0.2) is 42.5 Å². The van der Waals surface area contributed by atoms with E-state index >= 15 is 0 Å². The van der Waals surface area contributed by atoms with Crippen molar-refractivity contribution < 1.29 is 18.7 Å². The third kappa shape index (κ3) is 6.58. The summed E-state index contributed by atoms with van der Waals surface area (Å²) >= 11 is 0. The van der Waals surface area contributed by atoms with Crippen molar-refractivity contribution in [3.05, 3.63) is 65.0 Å². The average molecular weight is 415 g/mol. The van der Waals surface area contributed by atoms with Crippen LogP contribution in [0.3, 0.4) is 0 Å². The number of carbonyl (C=O) groups is 2. The molecule has 2 rings (SSSR count). The molecule has 30 heavy (non-hydrogen) atoms. The predicted octanol–water partition coefficient (Wildman–Crippen LogP) is 4.01. The number of rotatable bonds is 9. The first kappa shape index (κ1) is 23.4. The lowest BCUT2D eigenvalue weighted by Gasteiger charge is -2.29. The van der Waals surface area contributed by atoms with E-state index in [4.69, 9.17) is 4.74 Å². The number of nitrogens with one attached hydrogen (secondary N) is 1. The Kier molecular flexibility index (Phi) is 8.39. The van der Waals surface area contributed by atoms with Gasteiger partial charge in [0.2, 0.25) is 5.91 Å². The molecule has 0 aliphatic heterocycles. The van der Waals surface area contributed by atoms with E-state index in [0.717, 1.165) is 11.1 Å². The summed E-state index contributed by atoms with van der Waals surface area (Å²) in [5.74, 6) is -0.220. The van der Waals surface area contributed by atoms with Crippen LogP contribution in [0.5, 0.6) is 5.75 Å². The number of ether oxygens (including phenoxy) is 1. The van der Waals surface area contributed by atoms with Gasteiger partial charge in [0.1, 0.15) is 17.6 Å². The zero-order chi connectivity index (χ0) is 22.3. The summed E-state index contributed by atoms with van der Waals surface area (Å²) in [6, 6.07) is 11.1. The molecule has 0 saturated heterocycles. The van der Waals surface area contributed by atoms with Crippen LogP contribution >= 0.6 is 0 Å². The Hall–Kier alpha value is -2.89. The van der Waals surface area contributed by atoms with E-state index in [1.165, 1.54) is 11.0 Å². The van der Waals surface area contributed by atoms with Crippen LogP contribution in [0.2, 0.25) is 0 Å². The number of halogens is 1. The van der Waals surface area contributed by atoms with Crippen LogP contribution in [-0.2, 0) is 16.1 Å². The monoisotopic (exact) mass is 414 g/mol. The van der Waals surface area contributed by atoms with E-state index < -0.39 is 11.9 Å². The first-order chi connectivity index (χ1) is 14.2. The van der Waals surface area contributed by atoms with E-state index in [1.54, 1.807) is 31.2 Å². The maximum atomic E-state index is 14.2. The number of hydrogen-bond donors (Lipinski definition) is 1. The lowest BCUT2D eigenvalue weighted by molar-refractivity contribution is -0.142. The van der Waals surface area contributed by atoms with Gasteiger partial charge >= 0.3 is 0 Å². The average Bonchev–Trinajstić information content (AvgIpc) is 2.71. The quantitative estimate of drug-likeness (QED) is 0.674. The molecule has 5 nitrogen and oxygen atoms in total. The van der Waals surface area contributed by atoms with Crippen LogP contribution in [0, 0.1) is 25.6 Å². The van der Waals surface area contributed by atoms with Crippen molar-refractivity contribution in [2.24, 2.45) is 5.92 Å². The summed E-state index contributed by atoms with van der Waals surface area (Å²) in [4.78, 5) is 26.9. The standard InChI is InChI=1S/C24H31FN2O3/c1-16(2)13-26-24(29)19(5)27(14-20-8-6-7-9-22(20)25)23(28)15-30-21-11-10-17(3)18(4)12-21/h6-12,16,19H,13-15H2,1-5H3,(H,26,29). The summed E-state index contributed by atoms with van der Waals surface area (Å²) in [6.45, 7) is 9.84. The molecule has 1 N–H and O–H groups in total. The Balaban J connectivity index is 2.16. The van der Waals surface area contributed by atoms with Gasteiger partial charge in [-0.05, 0) is 56.0 Å². The molecule has 0 spiro atoms. The molecule has 1 unspecified atom stereocenters. The van der Waals surface area contributed by atoms with Crippen molar-refractivity contribution >= 4 is 11.8 Å². The molecule has 2 aromatic rings. The van der Waals surface area contributed by atoms with Crippen molar-refractivity contribution in [1.82, 2.24) is 10.2 Å². The zero-order valence-corrected chi connectivity index (χ0v) is 18.4. The highest BCUT2D eigenvalue weighted by Crippen LogP contribution is 2.18. The van der Waals surface area contributed by atoms with Gasteiger partial charge in [0.05, 0.1) is 0 Å². The number of carbonyl (C=O) groups excluding carboxylic acids is 2. The summed E-state index contributed by atoms with van der Waals surface area (Å²) < 4.78 is 19.9. The van der Waals surface area contributed by atoms with Crippen molar-refractivity contribution in [3.63, 3.8) is 0 Å². The summed E-state index contributed by atoms with van der Waals surface area (Å²) in [6.07, 6.45) is 0. The van der Waals surface area contributed by atoms with Gasteiger partial charge in [-0.2, -0.15) is 0 Å². The molecule has 2 amide bonds. The molecular formula is C24H31FN2O3. The molecule has 1 atom stereocenters. The summed E-state index contributed by atoms with van der Waals surface area (Å²) in [5.41, 5.74) is 2.54. The molecule has 0 bridgehead atoms. The fraction of sp³-hybridized carbons (Fsp3) is 0.417. The minimum absolute atomic E-state index is 0.0158. The van der Waals surface area contributed by atoms with Crippen molar-refractivity contribution in [1.29, 1.82) is 0 Å². The Morgan fingerprint density at radius 1 is 1.07 bits per heavy atom. The Morgan fingerprint density at radius 2 is 1.77 bits per heavy atom. The lowest BCUT2D eigenvalue weighted by Crippen LogP contribution is -2.49. The summed E-state index contributed by atoms with van der Waals surface area (Å²) in [7, 11) is 0. The Labute approximate surface area is 178 Å². The molecule has 0 aliphatic rings. The molecule has 162 valence electrons. The second-order valence-corrected chi connectivity index (χ2v) is 7.96. The molecule has 0 fully saturated rings. The lowest BCUT2D eigenvalue weighted by atomic mass is 10.1. The van der Waals surface area contributed by atoms with Gasteiger partial charge in [-0.25, -0.2) is 4.39 Å². The largest absolute Gasteiger partial charge is 0.484 e. The van der Waals surface area contributed by atoms with Crippen LogP contribution in [0.25, 0.3) is 0 Å². The fourth-order valence-corrected chi connectivity index (χ4v) is 2.88. The highest BCUT2D eigenvalue weighted by atomic mass is 19.1. The Morgan fingerprint density at radius 3 is 2.40 bits per heavy atom. The molecule has 0 radical (unpaired) electrons. The smallest absolute Gasteiger partial charge is 0.261 e. The van der Waals surface area contributed by atoms with Gasteiger partial charge in [-0.3, -0.25) is 9.59 Å². The van der Waals surface area contributed by atoms with Gasteiger partial charge in [0, 0.05) is 18.7 Å². The first-order valence-corrected chi connectivity index (χ1v) is 10.2. The molecule has 0 aliphatic carbocycles. The predicted molar refractivity (Wildman–Crippen MR) is 116 cm³/mol. The van der Waals surface area contributed by atoms with Crippen molar-refractivity contribution in [3.8, 4) is 5.75 Å². The van der Waals surface area contributed by atoms with Gasteiger partial charge < -0.3 is 15.0 Å². The Bertz CT molecular complexity index is 883. The van der Waals surface area contributed by atoms with E-state index in [1.807, 2.05) is 39.8 Å². The van der Waals surface area contributed by atoms with Gasteiger partial charge in [0.15, 0.2) is 6.61 Å². The van der Waals surface area contributed by atoms with Gasteiger partial charge in [-0.15, -0.1) is 0 Å². The second kappa shape index (κ2) is 10.8. The molecule has 6 heteroatoms. The maximum Gasteiger partial charge on any atom is 0.261 e. The van der Waals surface area contributed by atoms with Crippen LogP contribution < -0.4 is 10.1 Å². The third-order valence-corrected chi connectivity index (χ3v) is 4.99. The van der Waals surface area contributed by atoms with Crippen molar-refractivity contribution in [2.75, 3.05) is 13.2 Å². The molecule has 0 aromatic heterocycles. The van der Waals surface area contributed by atoms with E-state index in [0.29, 0.717) is 17.9 Å². The fourth-order valence-electron chi connectivity index (χ4n) is 2.88. The minimum Gasteiger partial charge on any atom is -0.484 e. The van der Waals surface area contributed by atoms with Crippen LogP contribution in [-0.4, -0.2) is 35.9 Å². The van der Waals surface area contributed by atoms with E-state index in [-0.39, 0.29) is 30.9 Å². The third-order valence-electron chi connectivity index (χ3n) is 4.99. The number of hydrogen-bond acceptors (Lipinski definition) is 3. The van der Waals surface area contributed by atoms with Gasteiger partial charge in [-0.1, -0.05) is 38.1 Å². The van der Waals surface area contributed by atoms with E-state index in [9.17, 15) is 14.0 Å².